The topological polar surface area (TPSA) is 111 Å². The molecule has 0 radical (unpaired) electrons. The first-order valence-electron chi connectivity index (χ1n) is 29.4. The second-order valence-electron chi connectivity index (χ2n) is 20.8. The Bertz CT molecular complexity index is 1510. The van der Waals surface area contributed by atoms with E-state index in [9.17, 15) is 19.0 Å². The van der Waals surface area contributed by atoms with Crippen molar-refractivity contribution in [3.05, 3.63) is 85.1 Å². The summed E-state index contributed by atoms with van der Waals surface area (Å²) in [5, 5.41) is 3.03. The Morgan fingerprint density at radius 1 is 0.514 bits per heavy atom. The molecule has 0 saturated carbocycles. The normalized spacial score (nSPS) is 14.4. The van der Waals surface area contributed by atoms with E-state index in [0.29, 0.717) is 17.4 Å². The summed E-state index contributed by atoms with van der Waals surface area (Å²) in [7, 11) is 1.47. The van der Waals surface area contributed by atoms with E-state index in [1.807, 2.05) is 33.3 Å². The van der Waals surface area contributed by atoms with Gasteiger partial charge in [0.1, 0.15) is 19.3 Å². The third kappa shape index (κ3) is 52.1. The number of ether oxygens (including phenoxy) is 1. The molecule has 0 saturated heterocycles. The molecule has 0 aromatic carbocycles. The summed E-state index contributed by atoms with van der Waals surface area (Å²) in [5.74, 6) is -0.541. The first-order valence-corrected chi connectivity index (χ1v) is 30.9. The fourth-order valence-corrected chi connectivity index (χ4v) is 8.80. The molecule has 0 aromatic heterocycles. The molecule has 0 heterocycles. The number of unbranched alkanes of at least 4 members (excludes halogenated alkanes) is 26. The van der Waals surface area contributed by atoms with E-state index in [0.717, 1.165) is 109 Å². The van der Waals surface area contributed by atoms with Crippen LogP contribution in [0.2, 0.25) is 0 Å². The molecule has 0 spiro atoms. The number of likely N-dealkylation sites (N-methyl/N-ethyl adjacent to an activating group) is 1. The minimum absolute atomic E-state index is 0.0310. The van der Waals surface area contributed by atoms with Gasteiger partial charge in [-0.25, -0.2) is 4.57 Å². The molecule has 0 bridgehead atoms. The van der Waals surface area contributed by atoms with Crippen LogP contribution < -0.4 is 5.32 Å². The predicted octanol–water partition coefficient (Wildman–Crippen LogP) is 17.8. The average molecular weight is 1030 g/mol. The van der Waals surface area contributed by atoms with Crippen molar-refractivity contribution < 1.29 is 37.3 Å². The van der Waals surface area contributed by atoms with Crippen LogP contribution in [0.3, 0.4) is 0 Å². The van der Waals surface area contributed by atoms with Crippen molar-refractivity contribution >= 4 is 19.7 Å². The Hall–Kier alpha value is -2.81. The van der Waals surface area contributed by atoms with Gasteiger partial charge in [0.15, 0.2) is 0 Å². The Morgan fingerprint density at radius 3 is 1.47 bits per heavy atom. The molecule has 3 atom stereocenters. The first-order chi connectivity index (χ1) is 34.9. The molecule has 0 rings (SSSR count). The number of allylic oxidation sites excluding steroid dienone is 13. The van der Waals surface area contributed by atoms with Crippen LogP contribution in [0.4, 0.5) is 0 Å². The number of phosphoric acid groups is 1. The molecular weight excluding hydrogens is 916 g/mol. The Labute approximate surface area is 444 Å². The highest BCUT2D eigenvalue weighted by Crippen LogP contribution is 2.43. The first kappa shape index (κ1) is 69.2. The van der Waals surface area contributed by atoms with Gasteiger partial charge in [0.25, 0.3) is 0 Å². The quantitative estimate of drug-likeness (QED) is 0.0156. The van der Waals surface area contributed by atoms with Gasteiger partial charge in [-0.05, 0) is 89.5 Å². The zero-order chi connectivity index (χ0) is 52.9. The highest BCUT2D eigenvalue weighted by molar-refractivity contribution is 7.47. The standard InChI is InChI=1S/C62H111N2O7P/c1-7-10-13-16-19-22-25-28-29-30-31-32-33-34-35-37-40-43-46-49-52-55-62(66)71-60(53-50-47-44-41-38-27-24-21-18-15-12-9-3)59(58-70-72(67,68)69-57-56-64(4,5)6)63-61(65)54-51-48-45-42-39-36-26-23-20-17-14-11-8-2/h11,14,17,19-20,22-23,26,28-29,31-32,50,53,59-60H,7-10,12-13,15-16,18,21,24-25,27,30,33-49,51-52,54-58H2,1-6H3,(H-,63,65,67,68)/p+1/b14-11+,20-17+,22-19-,26-23-,29-28-,32-31-,53-50-. The molecule has 1 amide bonds. The molecule has 0 aliphatic rings. The molecule has 0 aromatic rings. The smallest absolute Gasteiger partial charge is 0.456 e. The Kier molecular flexibility index (Phi) is 49.6. The van der Waals surface area contributed by atoms with Gasteiger partial charge in [-0.1, -0.05) is 228 Å². The molecule has 0 fully saturated rings. The van der Waals surface area contributed by atoms with Gasteiger partial charge in [-0.15, -0.1) is 0 Å². The second-order valence-corrected chi connectivity index (χ2v) is 22.3. The predicted molar refractivity (Wildman–Crippen MR) is 309 cm³/mol. The second kappa shape index (κ2) is 51.7. The minimum atomic E-state index is -4.46. The third-order valence-electron chi connectivity index (χ3n) is 12.6. The van der Waals surface area contributed by atoms with E-state index in [1.54, 1.807) is 0 Å². The van der Waals surface area contributed by atoms with Crippen molar-refractivity contribution in [1.82, 2.24) is 5.32 Å². The van der Waals surface area contributed by atoms with Gasteiger partial charge in [-0.3, -0.25) is 18.6 Å². The SMILES string of the molecule is CC/C=C/C=C/C=C\CCCCCCCC(=O)NC(COP(=O)(O)OCC[N+](C)(C)C)C(/C=C\CCCCCCCCCCCC)OC(=O)CCCCCCCCCC/C=C\C/C=C\C/C=C\CCCCC. The number of esters is 1. The lowest BCUT2D eigenvalue weighted by atomic mass is 10.0. The number of rotatable bonds is 52. The van der Waals surface area contributed by atoms with Gasteiger partial charge < -0.3 is 19.4 Å². The van der Waals surface area contributed by atoms with E-state index in [2.05, 4.69) is 99.0 Å². The molecule has 2 N–H and O–H groups in total. The van der Waals surface area contributed by atoms with E-state index >= 15 is 0 Å². The summed E-state index contributed by atoms with van der Waals surface area (Å²) in [6, 6.07) is -0.865. The monoisotopic (exact) mass is 1030 g/mol. The van der Waals surface area contributed by atoms with Crippen LogP contribution in [0.1, 0.15) is 245 Å². The van der Waals surface area contributed by atoms with Crippen molar-refractivity contribution in [2.75, 3.05) is 40.9 Å². The van der Waals surface area contributed by atoms with E-state index < -0.39 is 20.0 Å². The number of carbonyl (C=O) groups is 2. The molecule has 3 unspecified atom stereocenters. The summed E-state index contributed by atoms with van der Waals surface area (Å²) >= 11 is 0. The summed E-state index contributed by atoms with van der Waals surface area (Å²) in [5.41, 5.74) is 0. The van der Waals surface area contributed by atoms with Crippen LogP contribution in [0.25, 0.3) is 0 Å². The zero-order valence-corrected chi connectivity index (χ0v) is 48.3. The molecule has 10 heteroatoms. The van der Waals surface area contributed by atoms with Gasteiger partial charge in [-0.2, -0.15) is 0 Å². The largest absolute Gasteiger partial charge is 0.472 e. The van der Waals surface area contributed by atoms with Crippen molar-refractivity contribution in [1.29, 1.82) is 0 Å². The fraction of sp³-hybridized carbons (Fsp3) is 0.742. The Balaban J connectivity index is 5.30. The van der Waals surface area contributed by atoms with Crippen LogP contribution in [0.15, 0.2) is 85.1 Å². The number of carbonyl (C=O) groups excluding carboxylic acids is 2. The maximum atomic E-state index is 13.5. The number of nitrogens with zero attached hydrogens (tertiary/aromatic N) is 1. The van der Waals surface area contributed by atoms with Crippen LogP contribution >= 0.6 is 7.82 Å². The van der Waals surface area contributed by atoms with E-state index in [-0.39, 0.29) is 31.5 Å². The number of nitrogens with one attached hydrogen (secondary N) is 1. The lowest BCUT2D eigenvalue weighted by molar-refractivity contribution is -0.870. The number of hydrogen-bond donors (Lipinski definition) is 2. The number of quaternary nitrogens is 1. The number of phosphoric ester groups is 1. The number of hydrogen-bond acceptors (Lipinski definition) is 6. The van der Waals surface area contributed by atoms with Crippen molar-refractivity contribution in [3.63, 3.8) is 0 Å². The van der Waals surface area contributed by atoms with Gasteiger partial charge >= 0.3 is 13.8 Å². The van der Waals surface area contributed by atoms with Crippen LogP contribution in [-0.4, -0.2) is 74.3 Å². The van der Waals surface area contributed by atoms with Crippen LogP contribution in [0.5, 0.6) is 0 Å². The van der Waals surface area contributed by atoms with Crippen molar-refractivity contribution in [2.24, 2.45) is 0 Å². The summed E-state index contributed by atoms with van der Waals surface area (Å²) in [4.78, 5) is 37.6. The van der Waals surface area contributed by atoms with Crippen LogP contribution in [-0.2, 0) is 27.9 Å². The zero-order valence-electron chi connectivity index (χ0n) is 47.4. The highest BCUT2D eigenvalue weighted by Gasteiger charge is 2.30. The molecular formula is C62H112N2O7P+. The van der Waals surface area contributed by atoms with Crippen LogP contribution in [0, 0.1) is 0 Å². The van der Waals surface area contributed by atoms with Crippen molar-refractivity contribution in [2.45, 2.75) is 258 Å². The number of amides is 1. The minimum Gasteiger partial charge on any atom is -0.456 e. The van der Waals surface area contributed by atoms with Gasteiger partial charge in [0.05, 0.1) is 33.8 Å². The summed E-state index contributed by atoms with van der Waals surface area (Å²) < 4.78 is 30.6. The van der Waals surface area contributed by atoms with Gasteiger partial charge in [0.2, 0.25) is 5.91 Å². The van der Waals surface area contributed by atoms with Crippen molar-refractivity contribution in [3.8, 4) is 0 Å². The van der Waals surface area contributed by atoms with E-state index in [1.165, 1.54) is 103 Å². The molecule has 416 valence electrons. The third-order valence-corrected chi connectivity index (χ3v) is 13.6. The fourth-order valence-electron chi connectivity index (χ4n) is 8.06. The molecule has 0 aliphatic heterocycles. The highest BCUT2D eigenvalue weighted by atomic mass is 31.2. The molecule has 72 heavy (non-hydrogen) atoms. The van der Waals surface area contributed by atoms with Gasteiger partial charge in [0, 0.05) is 12.8 Å². The maximum Gasteiger partial charge on any atom is 0.472 e. The lowest BCUT2D eigenvalue weighted by Crippen LogP contribution is -2.47. The average Bonchev–Trinajstić information content (AvgIpc) is 3.34. The maximum absolute atomic E-state index is 13.5. The summed E-state index contributed by atoms with van der Waals surface area (Å²) in [6.07, 6.45) is 67.2. The lowest BCUT2D eigenvalue weighted by Gasteiger charge is -2.27. The summed E-state index contributed by atoms with van der Waals surface area (Å²) in [6.45, 7) is 6.82. The Morgan fingerprint density at radius 2 is 0.944 bits per heavy atom. The van der Waals surface area contributed by atoms with E-state index in [4.69, 9.17) is 13.8 Å². The molecule has 9 nitrogen and oxygen atoms in total. The molecule has 0 aliphatic carbocycles.